The summed E-state index contributed by atoms with van der Waals surface area (Å²) < 4.78 is 19.9. The molecule has 0 aliphatic carbocycles. The molecule has 0 unspecified atom stereocenters. The number of benzene rings is 2. The molecule has 0 bridgehead atoms. The standard InChI is InChI=1S/C23H30BBrO3/c1-16(2)12-18-13-19(24-27-22(3,4)23(5,6)28-24)21(20(25)14-18)26-15-17-10-8-7-9-11-17/h7-11,13-14,16H,12,15H2,1-6H3. The van der Waals surface area contributed by atoms with Crippen molar-refractivity contribution in [2.24, 2.45) is 5.92 Å². The lowest BCUT2D eigenvalue weighted by Gasteiger charge is -2.32. The Morgan fingerprint density at radius 2 is 1.57 bits per heavy atom. The summed E-state index contributed by atoms with van der Waals surface area (Å²) in [5.41, 5.74) is 2.53. The van der Waals surface area contributed by atoms with Crippen molar-refractivity contribution in [2.45, 2.75) is 65.8 Å². The molecule has 2 aromatic carbocycles. The third-order valence-corrected chi connectivity index (χ3v) is 6.10. The van der Waals surface area contributed by atoms with Crippen LogP contribution in [0.1, 0.15) is 52.7 Å². The molecule has 0 saturated carbocycles. The Balaban J connectivity index is 1.96. The third-order valence-electron chi connectivity index (χ3n) is 5.51. The van der Waals surface area contributed by atoms with Gasteiger partial charge in [-0.25, -0.2) is 0 Å². The van der Waals surface area contributed by atoms with Crippen LogP contribution >= 0.6 is 15.9 Å². The highest BCUT2D eigenvalue weighted by molar-refractivity contribution is 9.10. The minimum Gasteiger partial charge on any atom is -0.488 e. The molecule has 1 saturated heterocycles. The first-order chi connectivity index (χ1) is 13.1. The molecule has 0 atom stereocenters. The molecule has 3 rings (SSSR count). The minimum absolute atomic E-state index is 0.394. The average molecular weight is 445 g/mol. The average Bonchev–Trinajstić information content (AvgIpc) is 2.81. The van der Waals surface area contributed by atoms with Crippen molar-refractivity contribution in [3.8, 4) is 5.75 Å². The Bertz CT molecular complexity index is 802. The molecule has 0 aromatic heterocycles. The molecule has 5 heteroatoms. The van der Waals surface area contributed by atoms with E-state index in [9.17, 15) is 0 Å². The smallest absolute Gasteiger partial charge is 0.488 e. The van der Waals surface area contributed by atoms with Gasteiger partial charge in [0.2, 0.25) is 0 Å². The summed E-state index contributed by atoms with van der Waals surface area (Å²) in [7, 11) is -0.459. The summed E-state index contributed by atoms with van der Waals surface area (Å²) in [5.74, 6) is 1.35. The molecule has 0 spiro atoms. The van der Waals surface area contributed by atoms with Gasteiger partial charge < -0.3 is 14.0 Å². The molecule has 2 aromatic rings. The lowest BCUT2D eigenvalue weighted by Crippen LogP contribution is -2.41. The van der Waals surface area contributed by atoms with Gasteiger partial charge in [0.05, 0.1) is 15.7 Å². The van der Waals surface area contributed by atoms with Gasteiger partial charge in [-0.2, -0.15) is 0 Å². The minimum atomic E-state index is -0.459. The van der Waals surface area contributed by atoms with Gasteiger partial charge in [0.25, 0.3) is 0 Å². The zero-order chi connectivity index (χ0) is 20.5. The van der Waals surface area contributed by atoms with Gasteiger partial charge in [0, 0.05) is 5.46 Å². The Morgan fingerprint density at radius 3 is 2.14 bits per heavy atom. The van der Waals surface area contributed by atoms with Crippen LogP contribution in [0.5, 0.6) is 5.75 Å². The highest BCUT2D eigenvalue weighted by atomic mass is 79.9. The topological polar surface area (TPSA) is 27.7 Å². The number of hydrogen-bond donors (Lipinski definition) is 0. The predicted molar refractivity (Wildman–Crippen MR) is 119 cm³/mol. The molecule has 0 amide bonds. The maximum absolute atomic E-state index is 6.33. The first-order valence-electron chi connectivity index (χ1n) is 9.94. The van der Waals surface area contributed by atoms with E-state index >= 15 is 0 Å². The van der Waals surface area contributed by atoms with E-state index in [1.165, 1.54) is 5.56 Å². The first kappa shape index (κ1) is 21.4. The van der Waals surface area contributed by atoms with Crippen LogP contribution in [0.25, 0.3) is 0 Å². The van der Waals surface area contributed by atoms with Crippen molar-refractivity contribution in [1.82, 2.24) is 0 Å². The van der Waals surface area contributed by atoms with Gasteiger partial charge >= 0.3 is 7.12 Å². The van der Waals surface area contributed by atoms with E-state index in [2.05, 4.69) is 81.7 Å². The fourth-order valence-corrected chi connectivity index (χ4v) is 3.93. The molecular weight excluding hydrogens is 415 g/mol. The van der Waals surface area contributed by atoms with Crippen LogP contribution < -0.4 is 10.2 Å². The van der Waals surface area contributed by atoms with Gasteiger partial charge in [-0.05, 0) is 73.2 Å². The SMILES string of the molecule is CC(C)Cc1cc(Br)c(OCc2ccccc2)c(B2OC(C)(C)C(C)(C)O2)c1. The van der Waals surface area contributed by atoms with Crippen LogP contribution in [0.15, 0.2) is 46.9 Å². The molecule has 150 valence electrons. The van der Waals surface area contributed by atoms with Gasteiger partial charge in [-0.1, -0.05) is 50.2 Å². The Labute approximate surface area is 178 Å². The van der Waals surface area contributed by atoms with E-state index in [1.807, 2.05) is 18.2 Å². The van der Waals surface area contributed by atoms with E-state index in [4.69, 9.17) is 14.0 Å². The number of hydrogen-bond acceptors (Lipinski definition) is 3. The van der Waals surface area contributed by atoms with Crippen LogP contribution in [0.2, 0.25) is 0 Å². The van der Waals surface area contributed by atoms with Gasteiger partial charge in [-0.15, -0.1) is 0 Å². The predicted octanol–water partition coefficient (Wildman–Crippen LogP) is 5.53. The lowest BCUT2D eigenvalue weighted by molar-refractivity contribution is 0.00578. The lowest BCUT2D eigenvalue weighted by atomic mass is 9.77. The fourth-order valence-electron chi connectivity index (χ4n) is 3.29. The second-order valence-electron chi connectivity index (χ2n) is 8.96. The molecule has 28 heavy (non-hydrogen) atoms. The monoisotopic (exact) mass is 444 g/mol. The number of ether oxygens (including phenoxy) is 1. The summed E-state index contributed by atoms with van der Waals surface area (Å²) in [4.78, 5) is 0. The van der Waals surface area contributed by atoms with Gasteiger partial charge in [0.15, 0.2) is 0 Å². The van der Waals surface area contributed by atoms with E-state index in [0.29, 0.717) is 12.5 Å². The van der Waals surface area contributed by atoms with Crippen molar-refractivity contribution >= 4 is 28.5 Å². The zero-order valence-corrected chi connectivity index (χ0v) is 19.3. The van der Waals surface area contributed by atoms with Gasteiger partial charge in [-0.3, -0.25) is 0 Å². The van der Waals surface area contributed by atoms with E-state index in [1.54, 1.807) is 0 Å². The quantitative estimate of drug-likeness (QED) is 0.548. The maximum atomic E-state index is 6.33. The van der Waals surface area contributed by atoms with Crippen LogP contribution in [0.4, 0.5) is 0 Å². The van der Waals surface area contributed by atoms with Crippen molar-refractivity contribution in [1.29, 1.82) is 0 Å². The molecule has 1 heterocycles. The van der Waals surface area contributed by atoms with Crippen molar-refractivity contribution in [3.05, 3.63) is 58.1 Å². The van der Waals surface area contributed by atoms with Crippen molar-refractivity contribution < 1.29 is 14.0 Å². The van der Waals surface area contributed by atoms with Gasteiger partial charge in [0.1, 0.15) is 12.4 Å². The van der Waals surface area contributed by atoms with E-state index in [-0.39, 0.29) is 0 Å². The van der Waals surface area contributed by atoms with Crippen LogP contribution in [-0.2, 0) is 22.3 Å². The molecule has 3 nitrogen and oxygen atoms in total. The zero-order valence-electron chi connectivity index (χ0n) is 17.7. The molecule has 0 radical (unpaired) electrons. The number of rotatable bonds is 6. The Kier molecular flexibility index (Phi) is 6.28. The summed E-state index contributed by atoms with van der Waals surface area (Å²) >= 11 is 3.73. The van der Waals surface area contributed by atoms with Crippen LogP contribution in [0.3, 0.4) is 0 Å². The highest BCUT2D eigenvalue weighted by Crippen LogP contribution is 2.38. The molecular formula is C23H30BBrO3. The normalized spacial score (nSPS) is 17.9. The van der Waals surface area contributed by atoms with Crippen LogP contribution in [-0.4, -0.2) is 18.3 Å². The van der Waals surface area contributed by atoms with E-state index < -0.39 is 18.3 Å². The fraction of sp³-hybridized carbons (Fsp3) is 0.478. The second-order valence-corrected chi connectivity index (χ2v) is 9.81. The summed E-state index contributed by atoms with van der Waals surface area (Å²) in [6.07, 6.45) is 0.990. The first-order valence-corrected chi connectivity index (χ1v) is 10.7. The van der Waals surface area contributed by atoms with Crippen molar-refractivity contribution in [3.63, 3.8) is 0 Å². The molecule has 1 aliphatic rings. The number of halogens is 1. The molecule has 1 aliphatic heterocycles. The van der Waals surface area contributed by atoms with E-state index in [0.717, 1.165) is 27.7 Å². The Hall–Kier alpha value is -1.30. The maximum Gasteiger partial charge on any atom is 0.498 e. The highest BCUT2D eigenvalue weighted by Gasteiger charge is 2.52. The second kappa shape index (κ2) is 8.21. The molecule has 1 fully saturated rings. The summed E-state index contributed by atoms with van der Waals surface area (Å²) in [6.45, 7) is 13.2. The third kappa shape index (κ3) is 4.64. The molecule has 0 N–H and O–H groups in total. The van der Waals surface area contributed by atoms with Crippen LogP contribution in [0, 0.1) is 5.92 Å². The van der Waals surface area contributed by atoms with Crippen molar-refractivity contribution in [2.75, 3.05) is 0 Å². The Morgan fingerprint density at radius 1 is 0.964 bits per heavy atom. The largest absolute Gasteiger partial charge is 0.498 e. The summed E-state index contributed by atoms with van der Waals surface area (Å²) in [6, 6.07) is 14.5. The summed E-state index contributed by atoms with van der Waals surface area (Å²) in [5, 5.41) is 0.